The van der Waals surface area contributed by atoms with E-state index in [1.807, 2.05) is 24.3 Å². The molecule has 72 valence electrons. The van der Waals surface area contributed by atoms with E-state index in [-0.39, 0.29) is 0 Å². The van der Waals surface area contributed by atoms with Gasteiger partial charge in [-0.25, -0.2) is 0 Å². The molecule has 0 spiro atoms. The zero-order chi connectivity index (χ0) is 9.97. The van der Waals surface area contributed by atoms with Crippen LogP contribution in [-0.4, -0.2) is 5.16 Å². The first-order chi connectivity index (χ1) is 6.81. The number of aromatic nitrogens is 1. The van der Waals surface area contributed by atoms with Crippen LogP contribution in [0.1, 0.15) is 5.56 Å². The van der Waals surface area contributed by atoms with E-state index >= 15 is 0 Å². The van der Waals surface area contributed by atoms with E-state index in [0.29, 0.717) is 11.6 Å². The molecule has 0 aliphatic carbocycles. The summed E-state index contributed by atoms with van der Waals surface area (Å²) in [7, 11) is 0. The van der Waals surface area contributed by atoms with Gasteiger partial charge < -0.3 is 10.3 Å². The molecule has 0 atom stereocenters. The van der Waals surface area contributed by atoms with E-state index < -0.39 is 0 Å². The minimum atomic E-state index is 0.408. The van der Waals surface area contributed by atoms with E-state index in [9.17, 15) is 0 Å². The molecule has 0 saturated heterocycles. The largest absolute Gasteiger partial charge is 0.364 e. The third kappa shape index (κ3) is 1.64. The average molecular weight is 209 g/mol. The first-order valence-electron chi connectivity index (χ1n) is 4.20. The lowest BCUT2D eigenvalue weighted by Crippen LogP contribution is -1.96. The molecule has 0 aliphatic heterocycles. The molecule has 0 saturated carbocycles. The predicted octanol–water partition coefficient (Wildman–Crippen LogP) is 2.45. The standard InChI is InChI=1S/C10H9ClN2O/c11-9-3-1-2-7(4-9)10-8(5-12)6-14-13-10/h1-4,6H,5,12H2. The number of nitrogens with two attached hydrogens (primary N) is 1. The number of halogens is 1. The van der Waals surface area contributed by atoms with Crippen molar-refractivity contribution < 1.29 is 4.52 Å². The zero-order valence-corrected chi connectivity index (χ0v) is 8.16. The zero-order valence-electron chi connectivity index (χ0n) is 7.40. The molecular weight excluding hydrogens is 200 g/mol. The van der Waals surface area contributed by atoms with E-state index in [0.717, 1.165) is 16.8 Å². The molecule has 0 unspecified atom stereocenters. The fraction of sp³-hybridized carbons (Fsp3) is 0.100. The van der Waals surface area contributed by atoms with Crippen LogP contribution in [-0.2, 0) is 6.54 Å². The maximum absolute atomic E-state index is 5.87. The highest BCUT2D eigenvalue weighted by atomic mass is 35.5. The molecule has 0 amide bonds. The Morgan fingerprint density at radius 2 is 2.29 bits per heavy atom. The second-order valence-electron chi connectivity index (χ2n) is 2.90. The summed E-state index contributed by atoms with van der Waals surface area (Å²) < 4.78 is 4.86. The van der Waals surface area contributed by atoms with Crippen LogP contribution in [0.5, 0.6) is 0 Å². The summed E-state index contributed by atoms with van der Waals surface area (Å²) in [6.07, 6.45) is 1.55. The molecular formula is C10H9ClN2O. The average Bonchev–Trinajstić information content (AvgIpc) is 2.65. The first-order valence-corrected chi connectivity index (χ1v) is 4.58. The van der Waals surface area contributed by atoms with Crippen LogP contribution >= 0.6 is 11.6 Å². The van der Waals surface area contributed by atoms with Gasteiger partial charge in [0.15, 0.2) is 0 Å². The van der Waals surface area contributed by atoms with Gasteiger partial charge in [0.05, 0.1) is 0 Å². The van der Waals surface area contributed by atoms with Gasteiger partial charge in [0.1, 0.15) is 12.0 Å². The molecule has 0 bridgehead atoms. The Kier molecular flexibility index (Phi) is 2.52. The molecule has 4 heteroatoms. The molecule has 3 nitrogen and oxygen atoms in total. The Morgan fingerprint density at radius 1 is 1.43 bits per heavy atom. The van der Waals surface area contributed by atoms with Gasteiger partial charge in [0.25, 0.3) is 0 Å². The molecule has 2 aromatic rings. The summed E-state index contributed by atoms with van der Waals surface area (Å²) in [5, 5.41) is 4.56. The Bertz CT molecular complexity index is 439. The predicted molar refractivity (Wildman–Crippen MR) is 54.8 cm³/mol. The second kappa shape index (κ2) is 3.82. The Labute approximate surface area is 86.5 Å². The van der Waals surface area contributed by atoms with E-state index in [4.69, 9.17) is 21.9 Å². The topological polar surface area (TPSA) is 52.0 Å². The smallest absolute Gasteiger partial charge is 0.128 e. The van der Waals surface area contributed by atoms with E-state index in [1.165, 1.54) is 0 Å². The maximum atomic E-state index is 5.87. The van der Waals surface area contributed by atoms with E-state index in [1.54, 1.807) is 6.26 Å². The summed E-state index contributed by atoms with van der Waals surface area (Å²) in [5.74, 6) is 0. The molecule has 2 rings (SSSR count). The first kappa shape index (κ1) is 9.24. The maximum Gasteiger partial charge on any atom is 0.128 e. The van der Waals surface area contributed by atoms with Gasteiger partial charge in [-0.2, -0.15) is 0 Å². The van der Waals surface area contributed by atoms with Crippen molar-refractivity contribution in [2.45, 2.75) is 6.54 Å². The number of benzene rings is 1. The van der Waals surface area contributed by atoms with E-state index in [2.05, 4.69) is 5.16 Å². The minimum Gasteiger partial charge on any atom is -0.364 e. The summed E-state index contributed by atoms with van der Waals surface area (Å²) in [6.45, 7) is 0.408. The highest BCUT2D eigenvalue weighted by Crippen LogP contribution is 2.24. The molecule has 0 fully saturated rings. The Balaban J connectivity index is 2.49. The molecule has 1 aromatic carbocycles. The van der Waals surface area contributed by atoms with Crippen molar-refractivity contribution in [2.75, 3.05) is 0 Å². The number of hydrogen-bond donors (Lipinski definition) is 1. The van der Waals surface area contributed by atoms with Crippen LogP contribution in [0, 0.1) is 0 Å². The van der Waals surface area contributed by atoms with Gasteiger partial charge in [-0.1, -0.05) is 28.9 Å². The monoisotopic (exact) mass is 208 g/mol. The summed E-state index contributed by atoms with van der Waals surface area (Å²) in [6, 6.07) is 7.43. The SMILES string of the molecule is NCc1conc1-c1cccc(Cl)c1. The van der Waals surface area contributed by atoms with Crippen molar-refractivity contribution in [1.29, 1.82) is 0 Å². The van der Waals surface area contributed by atoms with Crippen LogP contribution in [0.25, 0.3) is 11.3 Å². The van der Waals surface area contributed by atoms with Crippen molar-refractivity contribution in [3.63, 3.8) is 0 Å². The van der Waals surface area contributed by atoms with Crippen LogP contribution in [0.2, 0.25) is 5.02 Å². The quantitative estimate of drug-likeness (QED) is 0.825. The highest BCUT2D eigenvalue weighted by Gasteiger charge is 2.08. The minimum absolute atomic E-state index is 0.408. The Hall–Kier alpha value is -1.32. The van der Waals surface area contributed by atoms with Crippen LogP contribution in [0.3, 0.4) is 0 Å². The van der Waals surface area contributed by atoms with Crippen molar-refractivity contribution in [3.8, 4) is 11.3 Å². The summed E-state index contributed by atoms with van der Waals surface area (Å²) in [5.41, 5.74) is 8.10. The van der Waals surface area contributed by atoms with Gasteiger partial charge >= 0.3 is 0 Å². The third-order valence-corrected chi connectivity index (χ3v) is 2.20. The molecule has 14 heavy (non-hydrogen) atoms. The third-order valence-electron chi connectivity index (χ3n) is 1.96. The van der Waals surface area contributed by atoms with Gasteiger partial charge in [0.2, 0.25) is 0 Å². The van der Waals surface area contributed by atoms with Crippen molar-refractivity contribution >= 4 is 11.6 Å². The number of hydrogen-bond acceptors (Lipinski definition) is 3. The van der Waals surface area contributed by atoms with Crippen LogP contribution in [0.15, 0.2) is 35.1 Å². The van der Waals surface area contributed by atoms with Gasteiger partial charge in [0, 0.05) is 22.7 Å². The van der Waals surface area contributed by atoms with Crippen LogP contribution in [0.4, 0.5) is 0 Å². The molecule has 2 N–H and O–H groups in total. The lowest BCUT2D eigenvalue weighted by atomic mass is 10.1. The highest BCUT2D eigenvalue weighted by molar-refractivity contribution is 6.30. The van der Waals surface area contributed by atoms with Gasteiger partial charge in [-0.05, 0) is 12.1 Å². The second-order valence-corrected chi connectivity index (χ2v) is 3.34. The van der Waals surface area contributed by atoms with Crippen molar-refractivity contribution in [3.05, 3.63) is 41.1 Å². The lowest BCUT2D eigenvalue weighted by molar-refractivity contribution is 0.421. The fourth-order valence-electron chi connectivity index (χ4n) is 1.28. The molecule has 0 aliphatic rings. The normalized spacial score (nSPS) is 10.4. The van der Waals surface area contributed by atoms with Gasteiger partial charge in [-0.15, -0.1) is 0 Å². The van der Waals surface area contributed by atoms with Crippen molar-refractivity contribution in [1.82, 2.24) is 5.16 Å². The Morgan fingerprint density at radius 3 is 3.00 bits per heavy atom. The van der Waals surface area contributed by atoms with Crippen LogP contribution < -0.4 is 5.73 Å². The number of nitrogens with zero attached hydrogens (tertiary/aromatic N) is 1. The van der Waals surface area contributed by atoms with Crippen molar-refractivity contribution in [2.24, 2.45) is 5.73 Å². The molecule has 1 heterocycles. The van der Waals surface area contributed by atoms with Gasteiger partial charge in [-0.3, -0.25) is 0 Å². The summed E-state index contributed by atoms with van der Waals surface area (Å²) in [4.78, 5) is 0. The summed E-state index contributed by atoms with van der Waals surface area (Å²) >= 11 is 5.87. The lowest BCUT2D eigenvalue weighted by Gasteiger charge is -1.98. The fourth-order valence-corrected chi connectivity index (χ4v) is 1.47. The number of rotatable bonds is 2. The molecule has 1 aromatic heterocycles. The molecule has 0 radical (unpaired) electrons.